The van der Waals surface area contributed by atoms with Crippen LogP contribution >= 0.6 is 0 Å². The van der Waals surface area contributed by atoms with Gasteiger partial charge in [0.2, 0.25) is 5.91 Å². The van der Waals surface area contributed by atoms with Gasteiger partial charge in [-0.15, -0.1) is 0 Å². The number of anilines is 1. The van der Waals surface area contributed by atoms with E-state index in [1.165, 1.54) is 43.7 Å². The van der Waals surface area contributed by atoms with Crippen LogP contribution in [0.1, 0.15) is 32.1 Å². The predicted molar refractivity (Wildman–Crippen MR) is 95.9 cm³/mol. The van der Waals surface area contributed by atoms with E-state index in [-0.39, 0.29) is 25.0 Å². The summed E-state index contributed by atoms with van der Waals surface area (Å²) < 4.78 is 5.40. The van der Waals surface area contributed by atoms with Gasteiger partial charge in [0.15, 0.2) is 6.61 Å². The van der Waals surface area contributed by atoms with E-state index in [1.807, 2.05) is 24.3 Å². The number of carbonyl (C=O) groups is 2. The van der Waals surface area contributed by atoms with Crippen LogP contribution in [-0.4, -0.2) is 51.1 Å². The fourth-order valence-electron chi connectivity index (χ4n) is 3.57. The van der Waals surface area contributed by atoms with E-state index in [9.17, 15) is 9.59 Å². The molecule has 0 radical (unpaired) electrons. The summed E-state index contributed by atoms with van der Waals surface area (Å²) in [7, 11) is 0. The first kappa shape index (κ1) is 17.7. The minimum Gasteiger partial charge on any atom is -0.482 e. The number of para-hydroxylation sites is 2. The number of hydrogen-bond acceptors (Lipinski definition) is 3. The fourth-order valence-corrected chi connectivity index (χ4v) is 3.57. The number of quaternary nitrogens is 1. The zero-order chi connectivity index (χ0) is 17.5. The van der Waals surface area contributed by atoms with Gasteiger partial charge in [0.05, 0.1) is 25.3 Å². The van der Waals surface area contributed by atoms with Crippen LogP contribution in [-0.2, 0) is 9.59 Å². The third-order valence-electron chi connectivity index (χ3n) is 4.95. The molecule has 25 heavy (non-hydrogen) atoms. The summed E-state index contributed by atoms with van der Waals surface area (Å²) in [6.07, 6.45) is 6.33. The first-order chi connectivity index (χ1) is 12.2. The predicted octanol–water partition coefficient (Wildman–Crippen LogP) is 0.377. The van der Waals surface area contributed by atoms with Crippen molar-refractivity contribution in [3.05, 3.63) is 24.3 Å². The Morgan fingerprint density at radius 1 is 1.16 bits per heavy atom. The summed E-state index contributed by atoms with van der Waals surface area (Å²) in [5, 5.41) is 2.95. The Labute approximate surface area is 149 Å². The number of carbonyl (C=O) groups excluding carboxylic acids is 2. The summed E-state index contributed by atoms with van der Waals surface area (Å²) in [5.74, 6) is 0.360. The van der Waals surface area contributed by atoms with E-state index in [2.05, 4.69) is 5.32 Å². The molecule has 1 aromatic rings. The summed E-state index contributed by atoms with van der Waals surface area (Å²) in [6, 6.07) is 7.33. The van der Waals surface area contributed by atoms with Crippen LogP contribution in [0.4, 0.5) is 5.69 Å². The number of benzene rings is 1. The molecule has 0 spiro atoms. The number of amides is 2. The molecule has 0 saturated carbocycles. The maximum Gasteiger partial charge on any atom is 0.265 e. The average Bonchev–Trinajstić information content (AvgIpc) is 2.90. The van der Waals surface area contributed by atoms with Gasteiger partial charge < -0.3 is 15.0 Å². The maximum atomic E-state index is 12.2. The van der Waals surface area contributed by atoms with Gasteiger partial charge >= 0.3 is 0 Å². The van der Waals surface area contributed by atoms with Crippen molar-refractivity contribution in [2.24, 2.45) is 0 Å². The largest absolute Gasteiger partial charge is 0.482 e. The number of fused-ring (bicyclic) bond motifs is 1. The number of hydrogen-bond donors (Lipinski definition) is 2. The molecule has 2 aliphatic rings. The third-order valence-corrected chi connectivity index (χ3v) is 4.95. The summed E-state index contributed by atoms with van der Waals surface area (Å²) in [6.45, 7) is 4.33. The van der Waals surface area contributed by atoms with Crippen LogP contribution < -0.4 is 19.9 Å². The lowest BCUT2D eigenvalue weighted by molar-refractivity contribution is -0.899. The number of nitrogens with zero attached hydrogens (tertiary/aromatic N) is 1. The first-order valence-corrected chi connectivity index (χ1v) is 9.36. The molecule has 2 N–H and O–H groups in total. The Bertz CT molecular complexity index is 597. The van der Waals surface area contributed by atoms with Gasteiger partial charge in [-0.05, 0) is 37.8 Å². The lowest BCUT2D eigenvalue weighted by atomic mass is 10.2. The molecule has 1 fully saturated rings. The first-order valence-electron chi connectivity index (χ1n) is 9.36. The monoisotopic (exact) mass is 346 g/mol. The van der Waals surface area contributed by atoms with Gasteiger partial charge in [-0.2, -0.15) is 0 Å². The minimum absolute atomic E-state index is 0.0113. The zero-order valence-corrected chi connectivity index (χ0v) is 14.8. The van der Waals surface area contributed by atoms with E-state index < -0.39 is 0 Å². The molecular formula is C19H28N3O3+. The molecule has 2 heterocycles. The standard InChI is InChI=1S/C19H27N3O3/c23-18(20-10-7-13-21-11-5-1-2-6-12-21)14-22-16-8-3-4-9-17(16)25-15-19(22)24/h3-4,8-9H,1-2,5-7,10-15H2,(H,20,23)/p+1. The summed E-state index contributed by atoms with van der Waals surface area (Å²) in [5.41, 5.74) is 0.669. The van der Waals surface area contributed by atoms with Crippen LogP contribution in [0.25, 0.3) is 0 Å². The Kier molecular flexibility index (Phi) is 6.28. The smallest absolute Gasteiger partial charge is 0.265 e. The van der Waals surface area contributed by atoms with Crippen molar-refractivity contribution in [2.45, 2.75) is 32.1 Å². The van der Waals surface area contributed by atoms with Crippen LogP contribution in [0.5, 0.6) is 5.75 Å². The van der Waals surface area contributed by atoms with E-state index in [1.54, 1.807) is 4.90 Å². The topological polar surface area (TPSA) is 63.1 Å². The van der Waals surface area contributed by atoms with Crippen molar-refractivity contribution in [1.29, 1.82) is 0 Å². The number of likely N-dealkylation sites (tertiary alicyclic amines) is 1. The Morgan fingerprint density at radius 2 is 1.92 bits per heavy atom. The average molecular weight is 346 g/mol. The molecule has 1 saturated heterocycles. The molecule has 6 nitrogen and oxygen atoms in total. The highest BCUT2D eigenvalue weighted by molar-refractivity contribution is 6.02. The van der Waals surface area contributed by atoms with E-state index in [0.29, 0.717) is 18.0 Å². The van der Waals surface area contributed by atoms with Gasteiger partial charge in [-0.25, -0.2) is 0 Å². The second-order valence-corrected chi connectivity index (χ2v) is 6.85. The second kappa shape index (κ2) is 8.85. The molecule has 1 aromatic carbocycles. The zero-order valence-electron chi connectivity index (χ0n) is 14.8. The molecule has 3 rings (SSSR count). The number of ether oxygens (including phenoxy) is 1. The molecule has 6 heteroatoms. The highest BCUT2D eigenvalue weighted by atomic mass is 16.5. The molecule has 136 valence electrons. The quantitative estimate of drug-likeness (QED) is 0.732. The van der Waals surface area contributed by atoms with Crippen LogP contribution in [0.3, 0.4) is 0 Å². The maximum absolute atomic E-state index is 12.2. The fraction of sp³-hybridized carbons (Fsp3) is 0.579. The van der Waals surface area contributed by atoms with Crippen LogP contribution in [0.15, 0.2) is 24.3 Å². The highest BCUT2D eigenvalue weighted by Crippen LogP contribution is 2.31. The van der Waals surface area contributed by atoms with E-state index in [4.69, 9.17) is 4.74 Å². The van der Waals surface area contributed by atoms with Gasteiger partial charge in [0.25, 0.3) is 5.91 Å². The molecule has 0 unspecified atom stereocenters. The summed E-state index contributed by atoms with van der Waals surface area (Å²) in [4.78, 5) is 27.5. The second-order valence-electron chi connectivity index (χ2n) is 6.85. The van der Waals surface area contributed by atoms with Crippen LogP contribution in [0, 0.1) is 0 Å². The molecular weight excluding hydrogens is 318 g/mol. The van der Waals surface area contributed by atoms with Crippen molar-refractivity contribution in [3.8, 4) is 5.75 Å². The van der Waals surface area contributed by atoms with Crippen molar-refractivity contribution >= 4 is 17.5 Å². The van der Waals surface area contributed by atoms with Crippen molar-refractivity contribution < 1.29 is 19.2 Å². The van der Waals surface area contributed by atoms with E-state index >= 15 is 0 Å². The Balaban J connectivity index is 1.42. The van der Waals surface area contributed by atoms with Crippen LogP contribution in [0.2, 0.25) is 0 Å². The third kappa shape index (κ3) is 4.95. The Hall–Kier alpha value is -2.08. The highest BCUT2D eigenvalue weighted by Gasteiger charge is 2.26. The number of rotatable bonds is 6. The molecule has 0 atom stereocenters. The molecule has 0 aromatic heterocycles. The molecule has 0 aliphatic carbocycles. The molecule has 2 aliphatic heterocycles. The molecule has 2 amide bonds. The van der Waals surface area contributed by atoms with E-state index in [0.717, 1.165) is 13.0 Å². The van der Waals surface area contributed by atoms with Crippen molar-refractivity contribution in [3.63, 3.8) is 0 Å². The lowest BCUT2D eigenvalue weighted by Crippen LogP contribution is -3.11. The van der Waals surface area contributed by atoms with Gasteiger partial charge in [0, 0.05) is 13.0 Å². The molecule has 0 bridgehead atoms. The van der Waals surface area contributed by atoms with Crippen molar-refractivity contribution in [2.75, 3.05) is 44.2 Å². The SMILES string of the molecule is O=C(CN1C(=O)COc2ccccc21)NCCC[NH+]1CCCCCC1. The number of nitrogens with one attached hydrogen (secondary N) is 2. The normalized spacial score (nSPS) is 18.2. The van der Waals surface area contributed by atoms with Crippen molar-refractivity contribution in [1.82, 2.24) is 5.32 Å². The minimum atomic E-state index is -0.178. The van der Waals surface area contributed by atoms with Gasteiger partial charge in [-0.1, -0.05) is 12.1 Å². The Morgan fingerprint density at radius 3 is 2.72 bits per heavy atom. The van der Waals surface area contributed by atoms with Gasteiger partial charge in [0.1, 0.15) is 12.3 Å². The van der Waals surface area contributed by atoms with Gasteiger partial charge in [-0.3, -0.25) is 14.5 Å². The summed E-state index contributed by atoms with van der Waals surface area (Å²) >= 11 is 0. The lowest BCUT2D eigenvalue weighted by Gasteiger charge is -2.28.